The number of benzene rings is 2. The monoisotopic (exact) mass is 381 g/mol. The lowest BCUT2D eigenvalue weighted by Gasteiger charge is -2.08. The van der Waals surface area contributed by atoms with Crippen LogP contribution in [0, 0.1) is 6.92 Å². The zero-order valence-corrected chi connectivity index (χ0v) is 15.5. The normalized spacial score (nSPS) is 11.6. The van der Waals surface area contributed by atoms with Crippen LogP contribution in [-0.2, 0) is 10.0 Å². The number of rotatable bonds is 4. The van der Waals surface area contributed by atoms with Gasteiger partial charge in [0.1, 0.15) is 11.2 Å². The molecule has 130 valence electrons. The first-order chi connectivity index (χ1) is 12.5. The molecular weight excluding hydrogens is 366 g/mol. The molecule has 0 fully saturated rings. The van der Waals surface area contributed by atoms with Gasteiger partial charge in [-0.2, -0.15) is 0 Å². The molecular formula is C19H15N3O2S2. The molecule has 4 rings (SSSR count). The Hall–Kier alpha value is -2.77. The van der Waals surface area contributed by atoms with Crippen molar-refractivity contribution in [1.82, 2.24) is 9.97 Å². The fraction of sp³-hybridized carbons (Fsp3) is 0.0526. The summed E-state index contributed by atoms with van der Waals surface area (Å²) in [4.78, 5) is 10.4. The third-order valence-electron chi connectivity index (χ3n) is 3.95. The molecule has 0 saturated carbocycles. The van der Waals surface area contributed by atoms with Crippen LogP contribution in [0.15, 0.2) is 71.9 Å². The van der Waals surface area contributed by atoms with Gasteiger partial charge in [-0.1, -0.05) is 48.0 Å². The van der Waals surface area contributed by atoms with Crippen LogP contribution < -0.4 is 4.72 Å². The van der Waals surface area contributed by atoms with Gasteiger partial charge in [0, 0.05) is 4.88 Å². The van der Waals surface area contributed by atoms with Gasteiger partial charge in [-0.05, 0) is 30.7 Å². The molecule has 0 saturated heterocycles. The van der Waals surface area contributed by atoms with Crippen LogP contribution >= 0.6 is 11.3 Å². The molecule has 0 unspecified atom stereocenters. The maximum atomic E-state index is 12.7. The van der Waals surface area contributed by atoms with Crippen LogP contribution in [0.2, 0.25) is 0 Å². The summed E-state index contributed by atoms with van der Waals surface area (Å²) in [6.07, 6.45) is 1.38. The van der Waals surface area contributed by atoms with Gasteiger partial charge in [0.2, 0.25) is 0 Å². The van der Waals surface area contributed by atoms with Crippen molar-refractivity contribution in [2.24, 2.45) is 0 Å². The second-order valence-corrected chi connectivity index (χ2v) is 8.55. The van der Waals surface area contributed by atoms with E-state index in [-0.39, 0.29) is 10.7 Å². The zero-order valence-electron chi connectivity index (χ0n) is 13.9. The van der Waals surface area contributed by atoms with Crippen molar-refractivity contribution in [2.45, 2.75) is 11.8 Å². The van der Waals surface area contributed by atoms with Crippen molar-refractivity contribution in [1.29, 1.82) is 0 Å². The van der Waals surface area contributed by atoms with E-state index in [4.69, 9.17) is 0 Å². The lowest BCUT2D eigenvalue weighted by molar-refractivity contribution is 0.601. The molecule has 2 aromatic heterocycles. The first-order valence-corrected chi connectivity index (χ1v) is 10.2. The molecule has 1 N–H and O–H groups in total. The molecule has 0 amide bonds. The van der Waals surface area contributed by atoms with E-state index in [0.717, 1.165) is 20.8 Å². The molecule has 0 bridgehead atoms. The second-order valence-electron chi connectivity index (χ2n) is 5.84. The summed E-state index contributed by atoms with van der Waals surface area (Å²) in [5.41, 5.74) is 2.06. The quantitative estimate of drug-likeness (QED) is 0.566. The molecule has 0 aliphatic carbocycles. The first-order valence-electron chi connectivity index (χ1n) is 7.92. The molecule has 7 heteroatoms. The minimum absolute atomic E-state index is 0.202. The Labute approximate surface area is 155 Å². The largest absolute Gasteiger partial charge is 0.263 e. The maximum Gasteiger partial charge on any atom is 0.263 e. The predicted octanol–water partition coefficient (Wildman–Crippen LogP) is 4.47. The molecule has 2 aromatic carbocycles. The van der Waals surface area contributed by atoms with E-state index in [9.17, 15) is 8.42 Å². The molecule has 0 aliphatic rings. The Kier molecular flexibility index (Phi) is 4.18. The molecule has 0 atom stereocenters. The average Bonchev–Trinajstić information content (AvgIpc) is 3.08. The fourth-order valence-corrected chi connectivity index (χ4v) is 4.62. The molecule has 26 heavy (non-hydrogen) atoms. The minimum atomic E-state index is -3.71. The average molecular weight is 381 g/mol. The van der Waals surface area contributed by atoms with Crippen molar-refractivity contribution in [3.05, 3.63) is 72.6 Å². The topological polar surface area (TPSA) is 72.0 Å². The predicted molar refractivity (Wildman–Crippen MR) is 105 cm³/mol. The number of nitrogens with zero attached hydrogens (tertiary/aromatic N) is 2. The molecule has 5 nitrogen and oxygen atoms in total. The third kappa shape index (κ3) is 3.18. The van der Waals surface area contributed by atoms with Crippen LogP contribution in [0.5, 0.6) is 0 Å². The number of thiophene rings is 1. The maximum absolute atomic E-state index is 12.7. The van der Waals surface area contributed by atoms with Crippen LogP contribution in [0.1, 0.15) is 5.56 Å². The highest BCUT2D eigenvalue weighted by molar-refractivity contribution is 7.92. The van der Waals surface area contributed by atoms with Crippen molar-refractivity contribution in [3.8, 4) is 10.4 Å². The van der Waals surface area contributed by atoms with E-state index in [1.807, 2.05) is 43.3 Å². The number of fused-ring (bicyclic) bond motifs is 1. The Morgan fingerprint density at radius 1 is 0.962 bits per heavy atom. The van der Waals surface area contributed by atoms with E-state index in [1.54, 1.807) is 24.3 Å². The summed E-state index contributed by atoms with van der Waals surface area (Å²) in [6, 6.07) is 18.5. The van der Waals surface area contributed by atoms with Crippen molar-refractivity contribution in [3.63, 3.8) is 0 Å². The summed E-state index contributed by atoms with van der Waals surface area (Å²) in [5.74, 6) is 0.286. The summed E-state index contributed by atoms with van der Waals surface area (Å²) in [6.45, 7) is 1.91. The van der Waals surface area contributed by atoms with Gasteiger partial charge in [-0.25, -0.2) is 18.4 Å². The number of aryl methyl sites for hydroxylation is 1. The van der Waals surface area contributed by atoms with E-state index in [0.29, 0.717) is 5.39 Å². The number of hydrogen-bond donors (Lipinski definition) is 1. The highest BCUT2D eigenvalue weighted by Crippen LogP contribution is 2.35. The summed E-state index contributed by atoms with van der Waals surface area (Å²) < 4.78 is 27.9. The van der Waals surface area contributed by atoms with Gasteiger partial charge in [-0.3, -0.25) is 4.72 Å². The highest BCUT2D eigenvalue weighted by atomic mass is 32.2. The summed E-state index contributed by atoms with van der Waals surface area (Å²) in [5, 5.41) is 0.687. The number of aromatic nitrogens is 2. The van der Waals surface area contributed by atoms with Crippen molar-refractivity contribution < 1.29 is 8.42 Å². The van der Waals surface area contributed by atoms with Crippen LogP contribution in [0.25, 0.3) is 20.7 Å². The van der Waals surface area contributed by atoms with E-state index in [1.165, 1.54) is 17.7 Å². The minimum Gasteiger partial charge on any atom is -0.263 e. The highest BCUT2D eigenvalue weighted by Gasteiger charge is 2.18. The van der Waals surface area contributed by atoms with Gasteiger partial charge in [0.15, 0.2) is 5.82 Å². The number of hydrogen-bond acceptors (Lipinski definition) is 5. The van der Waals surface area contributed by atoms with Gasteiger partial charge in [-0.15, -0.1) is 11.3 Å². The lowest BCUT2D eigenvalue weighted by atomic mass is 10.2. The Morgan fingerprint density at radius 3 is 2.42 bits per heavy atom. The number of nitrogens with one attached hydrogen (secondary N) is 1. The zero-order chi connectivity index (χ0) is 18.1. The van der Waals surface area contributed by atoms with Crippen molar-refractivity contribution in [2.75, 3.05) is 4.72 Å². The lowest BCUT2D eigenvalue weighted by Crippen LogP contribution is -2.14. The van der Waals surface area contributed by atoms with Crippen molar-refractivity contribution >= 4 is 37.4 Å². The third-order valence-corrected chi connectivity index (χ3v) is 6.40. The Balaban J connectivity index is 1.75. The SMILES string of the molecule is Cc1ccc(S(=O)(=O)Nc2ncnc3sc(-c4ccccc4)cc23)cc1. The second kappa shape index (κ2) is 6.51. The summed E-state index contributed by atoms with van der Waals surface area (Å²) >= 11 is 1.50. The van der Waals surface area contributed by atoms with Gasteiger partial charge >= 0.3 is 0 Å². The Morgan fingerprint density at radius 2 is 1.69 bits per heavy atom. The smallest absolute Gasteiger partial charge is 0.263 e. The van der Waals surface area contributed by atoms with Crippen LogP contribution in [0.4, 0.5) is 5.82 Å². The molecule has 4 aromatic rings. The van der Waals surface area contributed by atoms with Crippen LogP contribution in [0.3, 0.4) is 0 Å². The van der Waals surface area contributed by atoms with E-state index < -0.39 is 10.0 Å². The number of anilines is 1. The summed E-state index contributed by atoms with van der Waals surface area (Å²) in [7, 11) is -3.71. The van der Waals surface area contributed by atoms with Gasteiger partial charge in [0.25, 0.3) is 10.0 Å². The standard InChI is InChI=1S/C19H15N3O2S2/c1-13-7-9-15(10-8-13)26(23,24)22-18-16-11-17(14-5-3-2-4-6-14)25-19(16)21-12-20-18/h2-12H,1H3,(H,20,21,22). The molecule has 0 spiro atoms. The van der Waals surface area contributed by atoms with E-state index in [2.05, 4.69) is 14.7 Å². The van der Waals surface area contributed by atoms with Gasteiger partial charge < -0.3 is 0 Å². The first kappa shape index (κ1) is 16.7. The van der Waals surface area contributed by atoms with Crippen LogP contribution in [-0.4, -0.2) is 18.4 Å². The number of sulfonamides is 1. The van der Waals surface area contributed by atoms with Gasteiger partial charge in [0.05, 0.1) is 10.3 Å². The molecule has 0 radical (unpaired) electrons. The Bertz CT molecular complexity index is 1170. The van der Waals surface area contributed by atoms with E-state index >= 15 is 0 Å². The molecule has 2 heterocycles. The fourth-order valence-electron chi connectivity index (χ4n) is 2.59. The molecule has 0 aliphatic heterocycles.